The standard InChI is InChI=1S/C13H22N2O2S/c1-13(2,3)9-10-14-11-5-7-12(8-6-11)15-18(4,16)17/h5-8,14-15H,9-10H2,1-4H3. The van der Waals surface area contributed by atoms with E-state index in [4.69, 9.17) is 0 Å². The highest BCUT2D eigenvalue weighted by atomic mass is 32.2. The number of sulfonamides is 1. The molecule has 0 heterocycles. The Hall–Kier alpha value is -1.23. The van der Waals surface area contributed by atoms with E-state index in [1.165, 1.54) is 0 Å². The van der Waals surface area contributed by atoms with Crippen molar-refractivity contribution in [2.24, 2.45) is 5.41 Å². The summed E-state index contributed by atoms with van der Waals surface area (Å²) in [5.74, 6) is 0. The van der Waals surface area contributed by atoms with Crippen molar-refractivity contribution in [3.05, 3.63) is 24.3 Å². The van der Waals surface area contributed by atoms with Crippen LogP contribution in [0.5, 0.6) is 0 Å². The highest BCUT2D eigenvalue weighted by Gasteiger charge is 2.08. The first-order valence-corrected chi connectivity index (χ1v) is 7.87. The molecular weight excluding hydrogens is 248 g/mol. The third-order valence-corrected chi connectivity index (χ3v) is 3.00. The predicted octanol–water partition coefficient (Wildman–Crippen LogP) is 2.91. The van der Waals surface area contributed by atoms with Crippen LogP contribution in [0, 0.1) is 5.41 Å². The molecular formula is C13H22N2O2S. The summed E-state index contributed by atoms with van der Waals surface area (Å²) < 4.78 is 24.5. The van der Waals surface area contributed by atoms with Gasteiger partial charge in [-0.05, 0) is 36.1 Å². The van der Waals surface area contributed by atoms with E-state index in [0.717, 1.165) is 24.9 Å². The molecule has 1 rings (SSSR count). The molecule has 1 aromatic carbocycles. The van der Waals surface area contributed by atoms with Gasteiger partial charge in [-0.3, -0.25) is 4.72 Å². The minimum Gasteiger partial charge on any atom is -0.385 e. The van der Waals surface area contributed by atoms with Crippen LogP contribution in [0.2, 0.25) is 0 Å². The lowest BCUT2D eigenvalue weighted by Gasteiger charge is -2.18. The van der Waals surface area contributed by atoms with E-state index in [0.29, 0.717) is 11.1 Å². The lowest BCUT2D eigenvalue weighted by molar-refractivity contribution is 0.390. The van der Waals surface area contributed by atoms with Crippen LogP contribution in [0.15, 0.2) is 24.3 Å². The van der Waals surface area contributed by atoms with Crippen LogP contribution in [0.3, 0.4) is 0 Å². The summed E-state index contributed by atoms with van der Waals surface area (Å²) in [6, 6.07) is 7.24. The largest absolute Gasteiger partial charge is 0.385 e. The van der Waals surface area contributed by atoms with Crippen LogP contribution in [0.4, 0.5) is 11.4 Å². The van der Waals surface area contributed by atoms with Crippen molar-refractivity contribution in [3.63, 3.8) is 0 Å². The number of anilines is 2. The van der Waals surface area contributed by atoms with E-state index >= 15 is 0 Å². The molecule has 0 radical (unpaired) electrons. The van der Waals surface area contributed by atoms with Gasteiger partial charge in [-0.1, -0.05) is 20.8 Å². The van der Waals surface area contributed by atoms with Gasteiger partial charge in [0.25, 0.3) is 0 Å². The van der Waals surface area contributed by atoms with Gasteiger partial charge in [-0.15, -0.1) is 0 Å². The van der Waals surface area contributed by atoms with Crippen molar-refractivity contribution in [2.75, 3.05) is 22.8 Å². The Bertz CT molecular complexity index is 473. The maximum absolute atomic E-state index is 11.0. The zero-order valence-corrected chi connectivity index (χ0v) is 12.3. The molecule has 0 bridgehead atoms. The Morgan fingerprint density at radius 3 is 2.00 bits per heavy atom. The molecule has 0 unspecified atom stereocenters. The van der Waals surface area contributed by atoms with Gasteiger partial charge in [-0.25, -0.2) is 8.42 Å². The molecule has 0 aromatic heterocycles. The Kier molecular flexibility index (Phi) is 4.62. The van der Waals surface area contributed by atoms with Crippen molar-refractivity contribution >= 4 is 21.4 Å². The molecule has 0 atom stereocenters. The number of rotatable bonds is 5. The molecule has 102 valence electrons. The van der Waals surface area contributed by atoms with Crippen LogP contribution in [0.25, 0.3) is 0 Å². The molecule has 5 heteroatoms. The molecule has 0 aliphatic carbocycles. The van der Waals surface area contributed by atoms with Crippen molar-refractivity contribution in [3.8, 4) is 0 Å². The fourth-order valence-electron chi connectivity index (χ4n) is 1.45. The van der Waals surface area contributed by atoms with Crippen molar-refractivity contribution in [2.45, 2.75) is 27.2 Å². The van der Waals surface area contributed by atoms with Gasteiger partial charge in [0.15, 0.2) is 0 Å². The summed E-state index contributed by atoms with van der Waals surface area (Å²) >= 11 is 0. The molecule has 0 aliphatic rings. The van der Waals surface area contributed by atoms with Gasteiger partial charge in [0, 0.05) is 17.9 Å². The first-order chi connectivity index (χ1) is 8.16. The molecule has 4 nitrogen and oxygen atoms in total. The molecule has 1 aromatic rings. The highest BCUT2D eigenvalue weighted by Crippen LogP contribution is 2.19. The van der Waals surface area contributed by atoms with E-state index in [1.54, 1.807) is 12.1 Å². The summed E-state index contributed by atoms with van der Waals surface area (Å²) in [4.78, 5) is 0. The van der Waals surface area contributed by atoms with Gasteiger partial charge in [0.1, 0.15) is 0 Å². The van der Waals surface area contributed by atoms with Gasteiger partial charge in [0.05, 0.1) is 6.26 Å². The Balaban J connectivity index is 2.51. The second kappa shape index (κ2) is 5.61. The second-order valence-electron chi connectivity index (χ2n) is 5.69. The van der Waals surface area contributed by atoms with Crippen molar-refractivity contribution < 1.29 is 8.42 Å². The topological polar surface area (TPSA) is 58.2 Å². The van der Waals surface area contributed by atoms with Gasteiger partial charge in [0.2, 0.25) is 10.0 Å². The lowest BCUT2D eigenvalue weighted by atomic mass is 9.92. The molecule has 0 saturated heterocycles. The maximum atomic E-state index is 11.0. The average Bonchev–Trinajstić information content (AvgIpc) is 2.16. The van der Waals surface area contributed by atoms with Crippen LogP contribution in [-0.4, -0.2) is 21.2 Å². The average molecular weight is 270 g/mol. The quantitative estimate of drug-likeness (QED) is 0.865. The summed E-state index contributed by atoms with van der Waals surface area (Å²) in [7, 11) is -3.20. The minimum atomic E-state index is -3.20. The van der Waals surface area contributed by atoms with Gasteiger partial charge in [-0.2, -0.15) is 0 Å². The third kappa shape index (κ3) is 6.49. The molecule has 0 fully saturated rings. The normalized spacial score (nSPS) is 12.2. The summed E-state index contributed by atoms with van der Waals surface area (Å²) in [6.45, 7) is 7.51. The Labute approximate surface area is 110 Å². The van der Waals surface area contributed by atoms with Crippen molar-refractivity contribution in [1.82, 2.24) is 0 Å². The van der Waals surface area contributed by atoms with E-state index in [9.17, 15) is 8.42 Å². The van der Waals surface area contributed by atoms with Crippen molar-refractivity contribution in [1.29, 1.82) is 0 Å². The molecule has 0 spiro atoms. The summed E-state index contributed by atoms with van der Waals surface area (Å²) in [5, 5.41) is 3.31. The minimum absolute atomic E-state index is 0.310. The first kappa shape index (κ1) is 14.8. The predicted molar refractivity (Wildman–Crippen MR) is 77.5 cm³/mol. The molecule has 0 saturated carbocycles. The fourth-order valence-corrected chi connectivity index (χ4v) is 2.02. The van der Waals surface area contributed by atoms with Gasteiger partial charge >= 0.3 is 0 Å². The Morgan fingerprint density at radius 1 is 1.06 bits per heavy atom. The van der Waals surface area contributed by atoms with Crippen LogP contribution in [-0.2, 0) is 10.0 Å². The molecule has 18 heavy (non-hydrogen) atoms. The number of benzene rings is 1. The SMILES string of the molecule is CC(C)(C)CCNc1ccc(NS(C)(=O)=O)cc1. The Morgan fingerprint density at radius 2 is 1.56 bits per heavy atom. The fraction of sp³-hybridized carbons (Fsp3) is 0.538. The summed E-state index contributed by atoms with van der Waals surface area (Å²) in [6.07, 6.45) is 2.22. The monoisotopic (exact) mass is 270 g/mol. The van der Waals surface area contributed by atoms with Crippen LogP contribution in [0.1, 0.15) is 27.2 Å². The first-order valence-electron chi connectivity index (χ1n) is 5.97. The number of hydrogen-bond acceptors (Lipinski definition) is 3. The molecule has 0 amide bonds. The maximum Gasteiger partial charge on any atom is 0.229 e. The van der Waals surface area contributed by atoms with Gasteiger partial charge < -0.3 is 5.32 Å². The highest BCUT2D eigenvalue weighted by molar-refractivity contribution is 7.92. The third-order valence-electron chi connectivity index (χ3n) is 2.39. The zero-order valence-electron chi connectivity index (χ0n) is 11.4. The molecule has 2 N–H and O–H groups in total. The zero-order chi connectivity index (χ0) is 13.8. The van der Waals surface area contributed by atoms with E-state index in [-0.39, 0.29) is 0 Å². The lowest BCUT2D eigenvalue weighted by Crippen LogP contribution is -2.13. The van der Waals surface area contributed by atoms with Crippen LogP contribution >= 0.6 is 0 Å². The summed E-state index contributed by atoms with van der Waals surface area (Å²) in [5.41, 5.74) is 1.89. The van der Waals surface area contributed by atoms with Crippen LogP contribution < -0.4 is 10.0 Å². The second-order valence-corrected chi connectivity index (χ2v) is 7.44. The molecule has 0 aliphatic heterocycles. The smallest absolute Gasteiger partial charge is 0.229 e. The van der Waals surface area contributed by atoms with E-state index in [1.807, 2.05) is 12.1 Å². The number of nitrogens with one attached hydrogen (secondary N) is 2. The van der Waals surface area contributed by atoms with E-state index in [2.05, 4.69) is 30.8 Å². The van der Waals surface area contributed by atoms with E-state index < -0.39 is 10.0 Å². The number of hydrogen-bond donors (Lipinski definition) is 2.